The third kappa shape index (κ3) is 4.43. The van der Waals surface area contributed by atoms with E-state index >= 15 is 0 Å². The van der Waals surface area contributed by atoms with Gasteiger partial charge in [-0.1, -0.05) is 0 Å². The molecule has 1 aromatic rings. The molecular formula is C20H25FN4O4S. The minimum Gasteiger partial charge on any atom is -0.474 e. The van der Waals surface area contributed by atoms with Gasteiger partial charge in [0.1, 0.15) is 11.9 Å². The molecule has 0 bridgehead atoms. The predicted octanol–water partition coefficient (Wildman–Crippen LogP) is 1.73. The third-order valence-electron chi connectivity index (χ3n) is 5.64. The van der Waals surface area contributed by atoms with Gasteiger partial charge in [-0.3, -0.25) is 9.69 Å². The maximum Gasteiger partial charge on any atom is 0.414 e. The van der Waals surface area contributed by atoms with Crippen molar-refractivity contribution in [2.75, 3.05) is 56.2 Å². The summed E-state index contributed by atoms with van der Waals surface area (Å²) in [6, 6.07) is 4.76. The highest BCUT2D eigenvalue weighted by Crippen LogP contribution is 2.32. The van der Waals surface area contributed by atoms with Crippen LogP contribution in [0, 0.1) is 11.7 Å². The van der Waals surface area contributed by atoms with E-state index in [1.165, 1.54) is 18.1 Å². The van der Waals surface area contributed by atoms with Crippen molar-refractivity contribution in [1.82, 2.24) is 10.2 Å². The predicted molar refractivity (Wildman–Crippen MR) is 113 cm³/mol. The van der Waals surface area contributed by atoms with E-state index in [0.29, 0.717) is 50.6 Å². The molecule has 2 aliphatic heterocycles. The van der Waals surface area contributed by atoms with Gasteiger partial charge >= 0.3 is 6.09 Å². The minimum absolute atomic E-state index is 0.205. The number of benzene rings is 1. The average Bonchev–Trinajstić information content (AvgIpc) is 3.54. The highest BCUT2D eigenvalue weighted by Gasteiger charge is 2.35. The van der Waals surface area contributed by atoms with Crippen LogP contribution in [0.2, 0.25) is 0 Å². The molecule has 1 atom stereocenters. The monoisotopic (exact) mass is 436 g/mol. The summed E-state index contributed by atoms with van der Waals surface area (Å²) >= 11 is 4.91. The first-order valence-corrected chi connectivity index (χ1v) is 10.5. The van der Waals surface area contributed by atoms with Gasteiger partial charge in [0.15, 0.2) is 0 Å². The highest BCUT2D eigenvalue weighted by molar-refractivity contribution is 7.80. The molecule has 2 saturated heterocycles. The fourth-order valence-electron chi connectivity index (χ4n) is 3.78. The lowest BCUT2D eigenvalue weighted by Crippen LogP contribution is -2.49. The lowest BCUT2D eigenvalue weighted by atomic mass is 10.2. The zero-order chi connectivity index (χ0) is 21.3. The molecule has 1 aromatic carbocycles. The van der Waals surface area contributed by atoms with Gasteiger partial charge < -0.3 is 24.6 Å². The number of nitrogens with one attached hydrogen (secondary N) is 1. The van der Waals surface area contributed by atoms with Gasteiger partial charge in [0.05, 0.1) is 31.6 Å². The van der Waals surface area contributed by atoms with Gasteiger partial charge in [-0.05, 0) is 43.3 Å². The summed E-state index contributed by atoms with van der Waals surface area (Å²) in [5.41, 5.74) is 0.925. The van der Waals surface area contributed by atoms with Crippen LogP contribution in [0.1, 0.15) is 12.8 Å². The van der Waals surface area contributed by atoms with Gasteiger partial charge in [-0.2, -0.15) is 0 Å². The lowest BCUT2D eigenvalue weighted by Gasteiger charge is -2.36. The number of carbonyl (C=O) groups is 2. The van der Waals surface area contributed by atoms with Crippen LogP contribution in [0.5, 0.6) is 0 Å². The molecule has 3 aliphatic rings. The summed E-state index contributed by atoms with van der Waals surface area (Å²) in [7, 11) is 1.46. The van der Waals surface area contributed by atoms with E-state index in [0.717, 1.165) is 12.8 Å². The van der Waals surface area contributed by atoms with Crippen LogP contribution >= 0.6 is 12.2 Å². The Balaban J connectivity index is 1.36. The second-order valence-corrected chi connectivity index (χ2v) is 8.08. The summed E-state index contributed by atoms with van der Waals surface area (Å²) in [5.74, 6) is 0.0367. The first-order chi connectivity index (χ1) is 14.5. The molecule has 1 aliphatic carbocycles. The Kier molecular flexibility index (Phi) is 5.94. The first kappa shape index (κ1) is 20.6. The van der Waals surface area contributed by atoms with Crippen molar-refractivity contribution >= 4 is 40.8 Å². The normalized spacial score (nSPS) is 21.5. The summed E-state index contributed by atoms with van der Waals surface area (Å²) in [5, 5.41) is 3.07. The first-order valence-electron chi connectivity index (χ1n) is 10.1. The summed E-state index contributed by atoms with van der Waals surface area (Å²) < 4.78 is 25.0. The molecule has 0 radical (unpaired) electrons. The van der Waals surface area contributed by atoms with E-state index in [1.807, 2.05) is 9.80 Å². The van der Waals surface area contributed by atoms with Crippen molar-refractivity contribution in [2.24, 2.45) is 5.92 Å². The maximum atomic E-state index is 14.9. The van der Waals surface area contributed by atoms with E-state index in [2.05, 4.69) is 5.32 Å². The zero-order valence-corrected chi connectivity index (χ0v) is 17.6. The SMILES string of the molecule is COC(=S)NC[C@H]1CN(c2ccc(N3CCN(C(=O)C4CC4)CC3)c(F)c2)C(=O)O1. The van der Waals surface area contributed by atoms with E-state index in [1.54, 1.807) is 12.1 Å². The zero-order valence-electron chi connectivity index (χ0n) is 16.8. The Morgan fingerprint density at radius 3 is 2.67 bits per heavy atom. The maximum absolute atomic E-state index is 14.9. The number of piperazine rings is 1. The van der Waals surface area contributed by atoms with Crippen molar-refractivity contribution in [3.63, 3.8) is 0 Å². The van der Waals surface area contributed by atoms with E-state index in [-0.39, 0.29) is 17.0 Å². The lowest BCUT2D eigenvalue weighted by molar-refractivity contribution is -0.132. The Hall–Kier alpha value is -2.62. The molecule has 8 nitrogen and oxygen atoms in total. The highest BCUT2D eigenvalue weighted by atomic mass is 32.1. The molecule has 30 heavy (non-hydrogen) atoms. The number of thiocarbonyl (C=S) groups is 1. The number of amides is 2. The van der Waals surface area contributed by atoms with Crippen LogP contribution in [-0.4, -0.2) is 74.6 Å². The molecule has 1 saturated carbocycles. The standard InChI is InChI=1S/C20H25FN4O4S/c1-28-19(30)22-11-15-12-25(20(27)29-15)14-4-5-17(16(21)10-14)23-6-8-24(9-7-23)18(26)13-2-3-13/h4-5,10,13,15H,2-3,6-9,11-12H2,1H3,(H,22,30)/t15-/m0/s1. The number of halogens is 1. The van der Waals surface area contributed by atoms with Gasteiger partial charge in [0.25, 0.3) is 5.17 Å². The molecule has 0 spiro atoms. The minimum atomic E-state index is -0.524. The Labute approximate surface area is 179 Å². The van der Waals surface area contributed by atoms with Crippen molar-refractivity contribution in [2.45, 2.75) is 18.9 Å². The number of ether oxygens (including phenoxy) is 2. The molecule has 1 N–H and O–H groups in total. The van der Waals surface area contributed by atoms with Crippen molar-refractivity contribution < 1.29 is 23.5 Å². The number of nitrogens with zero attached hydrogens (tertiary/aromatic N) is 3. The van der Waals surface area contributed by atoms with Crippen molar-refractivity contribution in [3.05, 3.63) is 24.0 Å². The smallest absolute Gasteiger partial charge is 0.414 e. The van der Waals surface area contributed by atoms with E-state index in [9.17, 15) is 14.0 Å². The number of rotatable bonds is 5. The molecule has 0 unspecified atom stereocenters. The summed E-state index contributed by atoms with van der Waals surface area (Å²) in [6.07, 6.45) is 1.04. The molecular weight excluding hydrogens is 411 g/mol. The third-order valence-corrected chi connectivity index (χ3v) is 5.95. The number of carbonyl (C=O) groups excluding carboxylic acids is 2. The second-order valence-electron chi connectivity index (χ2n) is 7.71. The summed E-state index contributed by atoms with van der Waals surface area (Å²) in [4.78, 5) is 29.6. The topological polar surface area (TPSA) is 74.4 Å². The largest absolute Gasteiger partial charge is 0.474 e. The molecule has 2 amide bonds. The van der Waals surface area contributed by atoms with Gasteiger partial charge in [-0.25, -0.2) is 9.18 Å². The van der Waals surface area contributed by atoms with Crippen LogP contribution in [0.3, 0.4) is 0 Å². The Morgan fingerprint density at radius 2 is 2.03 bits per heavy atom. The van der Waals surface area contributed by atoms with Crippen LogP contribution in [0.15, 0.2) is 18.2 Å². The molecule has 162 valence electrons. The van der Waals surface area contributed by atoms with Gasteiger partial charge in [0, 0.05) is 32.1 Å². The van der Waals surface area contributed by atoms with Crippen LogP contribution in [0.4, 0.5) is 20.6 Å². The number of hydrogen-bond donors (Lipinski definition) is 1. The van der Waals surface area contributed by atoms with E-state index in [4.69, 9.17) is 21.7 Å². The Bertz CT molecular complexity index is 842. The number of methoxy groups -OCH3 is 1. The molecule has 10 heteroatoms. The quantitative estimate of drug-likeness (QED) is 0.705. The van der Waals surface area contributed by atoms with Crippen molar-refractivity contribution in [3.8, 4) is 0 Å². The molecule has 2 heterocycles. The fourth-order valence-corrected chi connectivity index (χ4v) is 3.87. The fraction of sp³-hybridized carbons (Fsp3) is 0.550. The van der Waals surface area contributed by atoms with Crippen LogP contribution in [-0.2, 0) is 14.3 Å². The number of hydrogen-bond acceptors (Lipinski definition) is 6. The van der Waals surface area contributed by atoms with Crippen LogP contribution < -0.4 is 15.1 Å². The summed E-state index contributed by atoms with van der Waals surface area (Å²) in [6.45, 7) is 3.00. The molecule has 0 aromatic heterocycles. The molecule has 4 rings (SSSR count). The molecule has 3 fully saturated rings. The number of cyclic esters (lactones) is 1. The number of anilines is 2. The van der Waals surface area contributed by atoms with Crippen LogP contribution in [0.25, 0.3) is 0 Å². The van der Waals surface area contributed by atoms with Crippen molar-refractivity contribution in [1.29, 1.82) is 0 Å². The van der Waals surface area contributed by atoms with Gasteiger partial charge in [-0.15, -0.1) is 0 Å². The average molecular weight is 437 g/mol. The van der Waals surface area contributed by atoms with Gasteiger partial charge in [0.2, 0.25) is 5.91 Å². The van der Waals surface area contributed by atoms with E-state index < -0.39 is 18.0 Å². The second kappa shape index (κ2) is 8.63. The Morgan fingerprint density at radius 1 is 1.30 bits per heavy atom.